The molecule has 0 aliphatic carbocycles. The van der Waals surface area contributed by atoms with Crippen LogP contribution >= 0.6 is 0 Å². The number of hydrogen-bond acceptors (Lipinski definition) is 7. The monoisotopic (exact) mass is 314 g/mol. The Morgan fingerprint density at radius 1 is 1.29 bits per heavy atom. The van der Waals surface area contributed by atoms with Crippen molar-refractivity contribution in [3.8, 4) is 0 Å². The van der Waals surface area contributed by atoms with E-state index in [2.05, 4.69) is 15.0 Å². The average Bonchev–Trinajstić information content (AvgIpc) is 2.74. The molecule has 1 aliphatic heterocycles. The van der Waals surface area contributed by atoms with E-state index in [9.17, 15) is 13.2 Å². The maximum atomic E-state index is 12.1. The largest absolute Gasteiger partial charge is 0.294 e. The second-order valence-corrected chi connectivity index (χ2v) is 5.27. The van der Waals surface area contributed by atoms with Crippen molar-refractivity contribution < 1.29 is 32.9 Å². The van der Waals surface area contributed by atoms with Crippen LogP contribution in [0.25, 0.3) is 0 Å². The Labute approximate surface area is 119 Å². The second-order valence-electron chi connectivity index (χ2n) is 3.85. The predicted molar refractivity (Wildman–Crippen MR) is 69.7 cm³/mol. The summed E-state index contributed by atoms with van der Waals surface area (Å²) < 4.78 is 30.8. The Morgan fingerprint density at radius 3 is 2.38 bits per heavy atom. The van der Waals surface area contributed by atoms with Gasteiger partial charge in [0.15, 0.2) is 0 Å². The SMILES string of the molecule is CC=C1C(=O)N(c2ccc(S(=O)(=O)O)cc2)N=C1OOO. The summed E-state index contributed by atoms with van der Waals surface area (Å²) in [6, 6.07) is 4.79. The van der Waals surface area contributed by atoms with E-state index in [1.165, 1.54) is 18.2 Å². The molecule has 0 saturated heterocycles. The molecule has 0 atom stereocenters. The topological polar surface area (TPSA) is 126 Å². The summed E-state index contributed by atoms with van der Waals surface area (Å²) in [5.74, 6) is -0.798. The third-order valence-corrected chi connectivity index (χ3v) is 3.50. The summed E-state index contributed by atoms with van der Waals surface area (Å²) in [4.78, 5) is 16.1. The van der Waals surface area contributed by atoms with Gasteiger partial charge < -0.3 is 0 Å². The predicted octanol–water partition coefficient (Wildman–Crippen LogP) is 0.961. The van der Waals surface area contributed by atoms with Crippen molar-refractivity contribution >= 4 is 27.6 Å². The molecule has 0 fully saturated rings. The van der Waals surface area contributed by atoms with E-state index in [4.69, 9.17) is 9.81 Å². The van der Waals surface area contributed by atoms with Gasteiger partial charge >= 0.3 is 0 Å². The van der Waals surface area contributed by atoms with Gasteiger partial charge in [0.25, 0.3) is 21.9 Å². The Balaban J connectivity index is 2.36. The summed E-state index contributed by atoms with van der Waals surface area (Å²) in [7, 11) is -4.32. The van der Waals surface area contributed by atoms with E-state index < -0.39 is 16.0 Å². The van der Waals surface area contributed by atoms with Crippen LogP contribution in [0.2, 0.25) is 0 Å². The van der Waals surface area contributed by atoms with E-state index in [1.807, 2.05) is 0 Å². The van der Waals surface area contributed by atoms with Gasteiger partial charge in [0.2, 0.25) is 0 Å². The van der Waals surface area contributed by atoms with E-state index in [0.717, 1.165) is 17.1 Å². The lowest BCUT2D eigenvalue weighted by atomic mass is 10.2. The molecule has 10 heteroatoms. The highest BCUT2D eigenvalue weighted by atomic mass is 32.2. The molecule has 1 aromatic carbocycles. The molecule has 9 nitrogen and oxygen atoms in total. The van der Waals surface area contributed by atoms with Gasteiger partial charge in [0, 0.05) is 0 Å². The molecule has 0 saturated carbocycles. The fourth-order valence-corrected chi connectivity index (χ4v) is 2.15. The lowest BCUT2D eigenvalue weighted by Gasteiger charge is -2.11. The number of rotatable bonds is 3. The number of anilines is 1. The first kappa shape index (κ1) is 15.1. The van der Waals surface area contributed by atoms with Crippen LogP contribution in [0.5, 0.6) is 0 Å². The van der Waals surface area contributed by atoms with Crippen LogP contribution in [0, 0.1) is 0 Å². The molecule has 21 heavy (non-hydrogen) atoms. The van der Waals surface area contributed by atoms with Crippen molar-refractivity contribution in [2.75, 3.05) is 5.01 Å². The van der Waals surface area contributed by atoms with E-state index in [0.29, 0.717) is 0 Å². The van der Waals surface area contributed by atoms with Gasteiger partial charge in [-0.15, -0.1) is 5.10 Å². The summed E-state index contributed by atoms with van der Waals surface area (Å²) in [5, 5.41) is 16.5. The number of hydrazone groups is 1. The van der Waals surface area contributed by atoms with Crippen molar-refractivity contribution in [1.29, 1.82) is 0 Å². The molecule has 0 radical (unpaired) electrons. The summed E-state index contributed by atoms with van der Waals surface area (Å²) in [5.41, 5.74) is 0.297. The minimum absolute atomic E-state index is 0.0582. The van der Waals surface area contributed by atoms with Crippen LogP contribution < -0.4 is 5.01 Å². The third kappa shape index (κ3) is 2.92. The number of amides is 1. The van der Waals surface area contributed by atoms with E-state index in [1.54, 1.807) is 6.92 Å². The molecule has 0 unspecified atom stereocenters. The van der Waals surface area contributed by atoms with Crippen molar-refractivity contribution in [2.24, 2.45) is 5.10 Å². The zero-order valence-corrected chi connectivity index (χ0v) is 11.4. The number of carbonyl (C=O) groups excluding carboxylic acids is 1. The van der Waals surface area contributed by atoms with Crippen LogP contribution in [0.4, 0.5) is 5.69 Å². The minimum atomic E-state index is -4.32. The highest BCUT2D eigenvalue weighted by Gasteiger charge is 2.33. The minimum Gasteiger partial charge on any atom is -0.285 e. The Bertz CT molecular complexity index is 721. The molecule has 1 heterocycles. The smallest absolute Gasteiger partial charge is 0.285 e. The van der Waals surface area contributed by atoms with Gasteiger partial charge in [-0.25, -0.2) is 5.26 Å². The normalized spacial score (nSPS) is 17.3. The van der Waals surface area contributed by atoms with Crippen molar-refractivity contribution in [2.45, 2.75) is 11.8 Å². The molecule has 112 valence electrons. The molecule has 1 amide bonds. The Hall–Kier alpha value is -2.27. The lowest BCUT2D eigenvalue weighted by Crippen LogP contribution is -2.21. The average molecular weight is 314 g/mol. The molecule has 0 bridgehead atoms. The zero-order valence-electron chi connectivity index (χ0n) is 10.6. The highest BCUT2D eigenvalue weighted by molar-refractivity contribution is 7.85. The van der Waals surface area contributed by atoms with E-state index >= 15 is 0 Å². The standard InChI is InChI=1S/C11H10N2O7S/c1-2-9-10(19-20-15)12-13(11(9)14)7-3-5-8(6-4-7)21(16,17)18/h2-6,15H,1H3,(H,16,17,18). The zero-order chi connectivity index (χ0) is 15.6. The number of allylic oxidation sites excluding steroid dienone is 1. The first-order valence-corrected chi connectivity index (χ1v) is 6.98. The number of nitrogens with zero attached hydrogens (tertiary/aromatic N) is 2. The maximum Gasteiger partial charge on any atom is 0.294 e. The summed E-state index contributed by atoms with van der Waals surface area (Å²) in [6.45, 7) is 1.56. The number of hydrogen-bond donors (Lipinski definition) is 2. The van der Waals surface area contributed by atoms with Gasteiger partial charge in [0.1, 0.15) is 5.57 Å². The van der Waals surface area contributed by atoms with Gasteiger partial charge in [-0.05, 0) is 36.2 Å². The highest BCUT2D eigenvalue weighted by Crippen LogP contribution is 2.25. The lowest BCUT2D eigenvalue weighted by molar-refractivity contribution is -0.449. The quantitative estimate of drug-likeness (QED) is 0.368. The fourth-order valence-electron chi connectivity index (χ4n) is 1.67. The van der Waals surface area contributed by atoms with Gasteiger partial charge in [-0.1, -0.05) is 6.08 Å². The number of carbonyl (C=O) groups is 1. The summed E-state index contributed by atoms with van der Waals surface area (Å²) in [6.07, 6.45) is 1.41. The molecular weight excluding hydrogens is 304 g/mol. The Kier molecular flexibility index (Phi) is 4.04. The fraction of sp³-hybridized carbons (Fsp3) is 0.0909. The molecule has 0 spiro atoms. The third-order valence-electron chi connectivity index (χ3n) is 2.63. The van der Waals surface area contributed by atoms with Crippen molar-refractivity contribution in [1.82, 2.24) is 0 Å². The van der Waals surface area contributed by atoms with Gasteiger partial charge in [-0.3, -0.25) is 14.2 Å². The molecule has 1 aromatic rings. The molecule has 2 N–H and O–H groups in total. The van der Waals surface area contributed by atoms with Crippen LogP contribution in [-0.2, 0) is 24.8 Å². The van der Waals surface area contributed by atoms with Crippen LogP contribution in [0.15, 0.2) is 45.9 Å². The Morgan fingerprint density at radius 2 is 1.90 bits per heavy atom. The first-order chi connectivity index (χ1) is 9.88. The van der Waals surface area contributed by atoms with Crippen molar-refractivity contribution in [3.05, 3.63) is 35.9 Å². The molecular formula is C11H10N2O7S. The van der Waals surface area contributed by atoms with Gasteiger partial charge in [0.05, 0.1) is 10.6 Å². The van der Waals surface area contributed by atoms with Crippen LogP contribution in [0.3, 0.4) is 0 Å². The molecule has 1 aliphatic rings. The molecule has 2 rings (SSSR count). The number of benzene rings is 1. The molecule has 0 aromatic heterocycles. The van der Waals surface area contributed by atoms with Crippen LogP contribution in [0.1, 0.15) is 6.92 Å². The summed E-state index contributed by atoms with van der Waals surface area (Å²) >= 11 is 0. The maximum absolute atomic E-state index is 12.1. The van der Waals surface area contributed by atoms with Gasteiger partial charge in [-0.2, -0.15) is 13.4 Å². The van der Waals surface area contributed by atoms with Crippen LogP contribution in [-0.4, -0.2) is 30.0 Å². The van der Waals surface area contributed by atoms with Crippen molar-refractivity contribution in [3.63, 3.8) is 0 Å². The second kappa shape index (κ2) is 5.61. The van der Waals surface area contributed by atoms with E-state index in [-0.39, 0.29) is 22.1 Å². The first-order valence-electron chi connectivity index (χ1n) is 5.54.